The van der Waals surface area contributed by atoms with Gasteiger partial charge in [0.05, 0.1) is 22.8 Å². The maximum absolute atomic E-state index is 6.41. The summed E-state index contributed by atoms with van der Waals surface area (Å²) in [4.78, 5) is 0. The number of imidazole rings is 1. The third kappa shape index (κ3) is 1.91. The van der Waals surface area contributed by atoms with Crippen molar-refractivity contribution in [1.29, 1.82) is 0 Å². The van der Waals surface area contributed by atoms with Crippen LogP contribution in [0, 0.1) is 6.33 Å². The van der Waals surface area contributed by atoms with Crippen molar-refractivity contribution in [3.05, 3.63) is 60.9 Å². The van der Waals surface area contributed by atoms with Gasteiger partial charge in [-0.3, -0.25) is 0 Å². The molecule has 26 heavy (non-hydrogen) atoms. The minimum atomic E-state index is 0.546. The van der Waals surface area contributed by atoms with Crippen molar-refractivity contribution in [3.8, 4) is 17.2 Å². The second-order valence-corrected chi connectivity index (χ2v) is 7.46. The number of ether oxygens (including phenoxy) is 1. The minimum Gasteiger partial charge on any atom is -0.468 e. The van der Waals surface area contributed by atoms with Crippen molar-refractivity contribution in [3.63, 3.8) is 0 Å². The average Bonchev–Trinajstić information content (AvgIpc) is 3.10. The minimum absolute atomic E-state index is 0.546. The summed E-state index contributed by atoms with van der Waals surface area (Å²) in [6.45, 7) is 0. The van der Waals surface area contributed by atoms with E-state index in [1.807, 2.05) is 0 Å². The highest BCUT2D eigenvalue weighted by atomic mass is 16.5. The topological polar surface area (TPSA) is 18.0 Å². The SMILES string of the molecule is [c-]1n(C2CCCCC2)c2cccc3c2[n+]1-c1ccc2ccccc2c1O3. The van der Waals surface area contributed by atoms with Gasteiger partial charge < -0.3 is 13.9 Å². The zero-order chi connectivity index (χ0) is 17.1. The lowest BCUT2D eigenvalue weighted by atomic mass is 9.95. The van der Waals surface area contributed by atoms with Crippen LogP contribution in [0.5, 0.6) is 11.5 Å². The van der Waals surface area contributed by atoms with Crippen LogP contribution >= 0.6 is 0 Å². The molecule has 3 aromatic carbocycles. The van der Waals surface area contributed by atoms with Gasteiger partial charge >= 0.3 is 0 Å². The van der Waals surface area contributed by atoms with E-state index in [0.29, 0.717) is 6.04 Å². The van der Waals surface area contributed by atoms with Crippen LogP contribution in [0.15, 0.2) is 54.6 Å². The fourth-order valence-electron chi connectivity index (χ4n) is 4.64. The zero-order valence-corrected chi connectivity index (χ0v) is 14.6. The van der Waals surface area contributed by atoms with Gasteiger partial charge in [0.2, 0.25) is 6.33 Å². The Bertz CT molecular complexity index is 1150. The lowest BCUT2D eigenvalue weighted by Gasteiger charge is -2.22. The number of rotatable bonds is 1. The first kappa shape index (κ1) is 14.4. The second-order valence-electron chi connectivity index (χ2n) is 7.46. The molecular formula is C23H20N2O. The first-order chi connectivity index (χ1) is 12.9. The van der Waals surface area contributed by atoms with Crippen LogP contribution < -0.4 is 9.30 Å². The van der Waals surface area contributed by atoms with Gasteiger partial charge in [-0.15, -0.1) is 0 Å². The molecular weight excluding hydrogens is 320 g/mol. The van der Waals surface area contributed by atoms with Crippen molar-refractivity contribution in [1.82, 2.24) is 4.57 Å². The van der Waals surface area contributed by atoms with Crippen LogP contribution in [0.1, 0.15) is 38.1 Å². The molecule has 0 radical (unpaired) electrons. The summed E-state index contributed by atoms with van der Waals surface area (Å²) in [5.41, 5.74) is 3.45. The summed E-state index contributed by atoms with van der Waals surface area (Å²) in [7, 11) is 0. The van der Waals surface area contributed by atoms with E-state index in [1.165, 1.54) is 43.0 Å². The van der Waals surface area contributed by atoms with Gasteiger partial charge in [-0.25, -0.2) is 0 Å². The van der Waals surface area contributed by atoms with Crippen LogP contribution in [-0.4, -0.2) is 4.57 Å². The molecule has 0 N–H and O–H groups in total. The number of nitrogens with zero attached hydrogens (tertiary/aromatic N) is 2. The Morgan fingerprint density at radius 3 is 2.73 bits per heavy atom. The van der Waals surface area contributed by atoms with Crippen LogP contribution in [0.2, 0.25) is 0 Å². The van der Waals surface area contributed by atoms with Crippen molar-refractivity contribution < 1.29 is 9.30 Å². The normalized spacial score (nSPS) is 16.6. The Morgan fingerprint density at radius 1 is 0.923 bits per heavy atom. The van der Waals surface area contributed by atoms with Crippen LogP contribution in [0.4, 0.5) is 0 Å². The van der Waals surface area contributed by atoms with E-state index < -0.39 is 0 Å². The maximum atomic E-state index is 6.41. The summed E-state index contributed by atoms with van der Waals surface area (Å²) >= 11 is 0. The predicted octanol–water partition coefficient (Wildman–Crippen LogP) is 5.48. The molecule has 2 aliphatic rings. The first-order valence-electron chi connectivity index (χ1n) is 9.58. The number of para-hydroxylation sites is 1. The van der Waals surface area contributed by atoms with E-state index in [9.17, 15) is 0 Å². The molecule has 0 bridgehead atoms. The molecule has 1 fully saturated rings. The molecule has 1 aromatic heterocycles. The average molecular weight is 340 g/mol. The van der Waals surface area contributed by atoms with Gasteiger partial charge in [0.1, 0.15) is 11.5 Å². The van der Waals surface area contributed by atoms with Crippen LogP contribution in [0.25, 0.3) is 27.5 Å². The standard InChI is InChI=1S/C23H20N2O/c1-2-8-17(9-3-1)24-15-25-20-14-13-16-7-4-5-10-18(16)23(20)26-21-12-6-11-19(24)22(21)25/h4-7,10-14,17H,1-3,8-9H2. The molecule has 3 heteroatoms. The number of aromatic nitrogens is 2. The Kier molecular flexibility index (Phi) is 2.95. The Morgan fingerprint density at radius 2 is 1.81 bits per heavy atom. The highest BCUT2D eigenvalue weighted by Crippen LogP contribution is 2.41. The zero-order valence-electron chi connectivity index (χ0n) is 14.6. The van der Waals surface area contributed by atoms with Crippen molar-refractivity contribution >= 4 is 21.8 Å². The van der Waals surface area contributed by atoms with Crippen molar-refractivity contribution in [2.24, 2.45) is 0 Å². The van der Waals surface area contributed by atoms with Gasteiger partial charge in [0, 0.05) is 5.39 Å². The molecule has 1 aliphatic heterocycles. The van der Waals surface area contributed by atoms with Crippen LogP contribution in [-0.2, 0) is 0 Å². The molecule has 0 spiro atoms. The summed E-state index contributed by atoms with van der Waals surface area (Å²) < 4.78 is 11.0. The first-order valence-corrected chi connectivity index (χ1v) is 9.58. The lowest BCUT2D eigenvalue weighted by Crippen LogP contribution is -2.33. The maximum Gasteiger partial charge on any atom is 0.244 e. The molecule has 1 saturated carbocycles. The molecule has 128 valence electrons. The van der Waals surface area contributed by atoms with Gasteiger partial charge in [-0.1, -0.05) is 55.0 Å². The van der Waals surface area contributed by atoms with Crippen LogP contribution in [0.3, 0.4) is 0 Å². The third-order valence-corrected chi connectivity index (χ3v) is 5.92. The summed E-state index contributed by atoms with van der Waals surface area (Å²) in [5, 5.41) is 2.35. The van der Waals surface area contributed by atoms with Gasteiger partial charge in [-0.05, 0) is 37.1 Å². The highest BCUT2D eigenvalue weighted by molar-refractivity contribution is 5.93. The van der Waals surface area contributed by atoms with E-state index in [0.717, 1.165) is 28.1 Å². The van der Waals surface area contributed by atoms with E-state index in [1.54, 1.807) is 0 Å². The summed E-state index contributed by atoms with van der Waals surface area (Å²) in [6, 6.07) is 19.7. The van der Waals surface area contributed by atoms with Gasteiger partial charge in [0.15, 0.2) is 0 Å². The Hall–Kier alpha value is -2.81. The van der Waals surface area contributed by atoms with Crippen molar-refractivity contribution in [2.45, 2.75) is 38.1 Å². The molecule has 0 amide bonds. The largest absolute Gasteiger partial charge is 0.468 e. The molecule has 0 unspecified atom stereocenters. The molecule has 4 aromatic rings. The monoisotopic (exact) mass is 340 g/mol. The quantitative estimate of drug-likeness (QED) is 0.292. The van der Waals surface area contributed by atoms with E-state index in [4.69, 9.17) is 4.74 Å². The highest BCUT2D eigenvalue weighted by Gasteiger charge is 2.26. The molecule has 3 nitrogen and oxygen atoms in total. The van der Waals surface area contributed by atoms with E-state index in [2.05, 4.69) is 70.1 Å². The summed E-state index contributed by atoms with van der Waals surface area (Å²) in [5.74, 6) is 1.86. The van der Waals surface area contributed by atoms with E-state index >= 15 is 0 Å². The lowest BCUT2D eigenvalue weighted by molar-refractivity contribution is -0.575. The third-order valence-electron chi connectivity index (χ3n) is 5.92. The molecule has 0 saturated heterocycles. The Labute approximate surface area is 152 Å². The van der Waals surface area contributed by atoms with E-state index in [-0.39, 0.29) is 0 Å². The van der Waals surface area contributed by atoms with Gasteiger partial charge in [0.25, 0.3) is 0 Å². The molecule has 1 aliphatic carbocycles. The number of hydrogen-bond acceptors (Lipinski definition) is 1. The molecule has 6 rings (SSSR count). The fraction of sp³-hybridized carbons (Fsp3) is 0.261. The molecule has 2 heterocycles. The smallest absolute Gasteiger partial charge is 0.244 e. The number of hydrogen-bond donors (Lipinski definition) is 0. The second kappa shape index (κ2) is 5.34. The Balaban J connectivity index is 1.64. The van der Waals surface area contributed by atoms with Gasteiger partial charge in [-0.2, -0.15) is 0 Å². The molecule has 0 atom stereocenters. The number of benzene rings is 3. The number of fused-ring (bicyclic) bond motifs is 4. The predicted molar refractivity (Wildman–Crippen MR) is 102 cm³/mol. The summed E-state index contributed by atoms with van der Waals surface area (Å²) in [6.07, 6.45) is 10.2. The fourth-order valence-corrected chi connectivity index (χ4v) is 4.64. The van der Waals surface area contributed by atoms with Crippen molar-refractivity contribution in [2.75, 3.05) is 0 Å².